The normalized spacial score (nSPS) is 10.8. The summed E-state index contributed by atoms with van der Waals surface area (Å²) in [5, 5.41) is 0. The SMILES string of the molecule is CCc1ccc(-c2ccc(-c3ccc(CC)cc3C)cc2C)cc1. The largest absolute Gasteiger partial charge is 0.0613 e. The highest BCUT2D eigenvalue weighted by atomic mass is 14.1. The van der Waals surface area contributed by atoms with Gasteiger partial charge in [-0.2, -0.15) is 0 Å². The lowest BCUT2D eigenvalue weighted by atomic mass is 9.92. The molecule has 0 aliphatic heterocycles. The molecule has 0 fully saturated rings. The fourth-order valence-corrected chi connectivity index (χ4v) is 3.34. The summed E-state index contributed by atoms with van der Waals surface area (Å²) in [6.45, 7) is 8.82. The molecule has 0 aliphatic rings. The van der Waals surface area contributed by atoms with Crippen LogP contribution in [-0.4, -0.2) is 0 Å². The monoisotopic (exact) mass is 314 g/mol. The highest BCUT2D eigenvalue weighted by Crippen LogP contribution is 2.30. The van der Waals surface area contributed by atoms with Gasteiger partial charge in [-0.05, 0) is 71.2 Å². The van der Waals surface area contributed by atoms with E-state index in [0.29, 0.717) is 0 Å². The zero-order chi connectivity index (χ0) is 17.1. The molecule has 3 rings (SSSR count). The van der Waals surface area contributed by atoms with Gasteiger partial charge in [-0.25, -0.2) is 0 Å². The molecule has 0 heteroatoms. The Morgan fingerprint density at radius 1 is 0.542 bits per heavy atom. The topological polar surface area (TPSA) is 0 Å². The van der Waals surface area contributed by atoms with Gasteiger partial charge < -0.3 is 0 Å². The molecule has 0 spiro atoms. The Balaban J connectivity index is 1.97. The molecule has 0 bridgehead atoms. The summed E-state index contributed by atoms with van der Waals surface area (Å²) in [5.74, 6) is 0. The molecule has 0 aliphatic carbocycles. The van der Waals surface area contributed by atoms with Crippen LogP contribution in [-0.2, 0) is 12.8 Å². The Morgan fingerprint density at radius 3 is 1.62 bits per heavy atom. The standard InChI is InChI=1S/C24H26/c1-5-19-7-10-21(11-8-19)23-14-12-22(16-18(23)4)24-13-9-20(6-2)15-17(24)3/h7-16H,5-6H2,1-4H3. The van der Waals surface area contributed by atoms with E-state index >= 15 is 0 Å². The second-order valence-electron chi connectivity index (χ2n) is 6.58. The van der Waals surface area contributed by atoms with Gasteiger partial charge in [0.2, 0.25) is 0 Å². The minimum atomic E-state index is 1.09. The lowest BCUT2D eigenvalue weighted by Crippen LogP contribution is -1.90. The van der Waals surface area contributed by atoms with Crippen LogP contribution < -0.4 is 0 Å². The highest BCUT2D eigenvalue weighted by Gasteiger charge is 2.07. The maximum absolute atomic E-state index is 2.32. The second-order valence-corrected chi connectivity index (χ2v) is 6.58. The molecule has 0 unspecified atom stereocenters. The molecule has 0 heterocycles. The van der Waals surface area contributed by atoms with Crippen molar-refractivity contribution in [3.63, 3.8) is 0 Å². The van der Waals surface area contributed by atoms with E-state index in [4.69, 9.17) is 0 Å². The molecule has 3 aromatic rings. The zero-order valence-corrected chi connectivity index (χ0v) is 15.2. The summed E-state index contributed by atoms with van der Waals surface area (Å²) in [6.07, 6.45) is 2.18. The Hall–Kier alpha value is -2.34. The first-order valence-electron chi connectivity index (χ1n) is 8.92. The van der Waals surface area contributed by atoms with Crippen molar-refractivity contribution >= 4 is 0 Å². The zero-order valence-electron chi connectivity index (χ0n) is 15.2. The predicted molar refractivity (Wildman–Crippen MR) is 106 cm³/mol. The van der Waals surface area contributed by atoms with Crippen LogP contribution in [0, 0.1) is 13.8 Å². The maximum Gasteiger partial charge on any atom is -0.0154 e. The van der Waals surface area contributed by atoms with Gasteiger partial charge >= 0.3 is 0 Å². The van der Waals surface area contributed by atoms with Crippen molar-refractivity contribution in [2.45, 2.75) is 40.5 Å². The number of hydrogen-bond acceptors (Lipinski definition) is 0. The third kappa shape index (κ3) is 3.28. The first-order valence-corrected chi connectivity index (χ1v) is 8.92. The van der Waals surface area contributed by atoms with Gasteiger partial charge in [0.05, 0.1) is 0 Å². The van der Waals surface area contributed by atoms with Crippen LogP contribution in [0.25, 0.3) is 22.3 Å². The Labute approximate surface area is 146 Å². The van der Waals surface area contributed by atoms with Crippen molar-refractivity contribution in [2.75, 3.05) is 0 Å². The summed E-state index contributed by atoms with van der Waals surface area (Å²) in [4.78, 5) is 0. The summed E-state index contributed by atoms with van der Waals surface area (Å²) in [5.41, 5.74) is 10.7. The average Bonchev–Trinajstić information content (AvgIpc) is 2.61. The van der Waals surface area contributed by atoms with E-state index < -0.39 is 0 Å². The third-order valence-corrected chi connectivity index (χ3v) is 4.91. The van der Waals surface area contributed by atoms with Crippen LogP contribution >= 0.6 is 0 Å². The lowest BCUT2D eigenvalue weighted by Gasteiger charge is -2.12. The summed E-state index contributed by atoms with van der Waals surface area (Å²) < 4.78 is 0. The highest BCUT2D eigenvalue weighted by molar-refractivity contribution is 5.75. The van der Waals surface area contributed by atoms with Crippen LogP contribution in [0.1, 0.15) is 36.1 Å². The van der Waals surface area contributed by atoms with Gasteiger partial charge in [-0.1, -0.05) is 74.5 Å². The summed E-state index contributed by atoms with van der Waals surface area (Å²) in [7, 11) is 0. The molecule has 24 heavy (non-hydrogen) atoms. The lowest BCUT2D eigenvalue weighted by molar-refractivity contribution is 1.13. The van der Waals surface area contributed by atoms with Gasteiger partial charge in [0.15, 0.2) is 0 Å². The molecule has 0 aromatic heterocycles. The van der Waals surface area contributed by atoms with Crippen molar-refractivity contribution in [1.29, 1.82) is 0 Å². The Kier molecular flexibility index (Phi) is 4.85. The first kappa shape index (κ1) is 16.5. The van der Waals surface area contributed by atoms with Gasteiger partial charge in [0.25, 0.3) is 0 Å². The average molecular weight is 314 g/mol. The maximum atomic E-state index is 2.32. The summed E-state index contributed by atoms with van der Waals surface area (Å²) >= 11 is 0. The first-order chi connectivity index (χ1) is 11.6. The molecule has 0 N–H and O–H groups in total. The molecule has 0 saturated carbocycles. The van der Waals surface area contributed by atoms with Crippen molar-refractivity contribution in [2.24, 2.45) is 0 Å². The minimum Gasteiger partial charge on any atom is -0.0613 e. The number of benzene rings is 3. The minimum absolute atomic E-state index is 1.09. The van der Waals surface area contributed by atoms with E-state index in [1.165, 1.54) is 44.5 Å². The van der Waals surface area contributed by atoms with E-state index in [9.17, 15) is 0 Å². The number of rotatable bonds is 4. The molecular weight excluding hydrogens is 288 g/mol. The van der Waals surface area contributed by atoms with Crippen LogP contribution in [0.15, 0.2) is 60.7 Å². The third-order valence-electron chi connectivity index (χ3n) is 4.91. The second kappa shape index (κ2) is 7.05. The molecule has 0 saturated heterocycles. The van der Waals surface area contributed by atoms with Gasteiger partial charge in [-0.15, -0.1) is 0 Å². The van der Waals surface area contributed by atoms with Crippen molar-refractivity contribution in [3.8, 4) is 22.3 Å². The van der Waals surface area contributed by atoms with Gasteiger partial charge in [-0.3, -0.25) is 0 Å². The van der Waals surface area contributed by atoms with Crippen molar-refractivity contribution in [3.05, 3.63) is 82.9 Å². The van der Waals surface area contributed by atoms with E-state index in [-0.39, 0.29) is 0 Å². The fourth-order valence-electron chi connectivity index (χ4n) is 3.34. The van der Waals surface area contributed by atoms with Crippen LogP contribution in [0.2, 0.25) is 0 Å². The van der Waals surface area contributed by atoms with Gasteiger partial charge in [0.1, 0.15) is 0 Å². The Bertz CT molecular complexity index is 838. The van der Waals surface area contributed by atoms with E-state index in [2.05, 4.69) is 88.4 Å². The van der Waals surface area contributed by atoms with Crippen molar-refractivity contribution < 1.29 is 0 Å². The molecular formula is C24H26. The molecule has 0 radical (unpaired) electrons. The van der Waals surface area contributed by atoms with E-state index in [0.717, 1.165) is 12.8 Å². The van der Waals surface area contributed by atoms with Gasteiger partial charge in [0, 0.05) is 0 Å². The quantitative estimate of drug-likeness (QED) is 0.499. The van der Waals surface area contributed by atoms with Crippen LogP contribution in [0.3, 0.4) is 0 Å². The van der Waals surface area contributed by atoms with E-state index in [1.54, 1.807) is 0 Å². The number of aryl methyl sites for hydroxylation is 4. The molecule has 0 atom stereocenters. The van der Waals surface area contributed by atoms with Crippen molar-refractivity contribution in [1.82, 2.24) is 0 Å². The summed E-state index contributed by atoms with van der Waals surface area (Å²) in [6, 6.07) is 22.6. The van der Waals surface area contributed by atoms with Crippen LogP contribution in [0.4, 0.5) is 0 Å². The smallest absolute Gasteiger partial charge is 0.0154 e. The predicted octanol–water partition coefficient (Wildman–Crippen LogP) is 6.76. The molecule has 0 amide bonds. The molecule has 122 valence electrons. The molecule has 3 aromatic carbocycles. The molecule has 0 nitrogen and oxygen atoms in total. The fraction of sp³-hybridized carbons (Fsp3) is 0.250. The Morgan fingerprint density at radius 2 is 1.04 bits per heavy atom. The van der Waals surface area contributed by atoms with E-state index in [1.807, 2.05) is 0 Å². The number of hydrogen-bond donors (Lipinski definition) is 0. The van der Waals surface area contributed by atoms with Crippen LogP contribution in [0.5, 0.6) is 0 Å².